The Kier molecular flexibility index (Phi) is 5.15. The van der Waals surface area contributed by atoms with Crippen molar-refractivity contribution >= 4 is 13.5 Å². The van der Waals surface area contributed by atoms with Gasteiger partial charge in [-0.15, -0.1) is 0 Å². The Bertz CT molecular complexity index is 299. The van der Waals surface area contributed by atoms with Gasteiger partial charge in [0.2, 0.25) is 0 Å². The molecule has 0 amide bonds. The zero-order chi connectivity index (χ0) is 9.80. The second kappa shape index (κ2) is 6.16. The summed E-state index contributed by atoms with van der Waals surface area (Å²) in [5.41, 5.74) is 2.68. The minimum Gasteiger partial charge on any atom is -0.396 e. The molecule has 1 unspecified atom stereocenters. The van der Waals surface area contributed by atoms with Crippen LogP contribution in [0.2, 0.25) is 0 Å². The van der Waals surface area contributed by atoms with E-state index in [9.17, 15) is 0 Å². The summed E-state index contributed by atoms with van der Waals surface area (Å²) in [6.07, 6.45) is 3.17. The molecule has 0 bridgehead atoms. The lowest BCUT2D eigenvalue weighted by molar-refractivity contribution is 0.298. The third kappa shape index (κ3) is 3.23. The summed E-state index contributed by atoms with van der Waals surface area (Å²) in [6.45, 7) is 1.40. The molecule has 1 atom stereocenters. The number of aliphatic hydroxyl groups is 1. The quantitative estimate of drug-likeness (QED) is 0.808. The lowest BCUT2D eigenvalue weighted by Gasteiger charge is -2.28. The molecule has 0 saturated carbocycles. The van der Waals surface area contributed by atoms with E-state index in [0.29, 0.717) is 6.04 Å². The van der Waals surface area contributed by atoms with Crippen molar-refractivity contribution in [3.8, 4) is 0 Å². The van der Waals surface area contributed by atoms with Crippen molar-refractivity contribution in [1.82, 2.24) is 5.32 Å². The SMILES string of the molecule is OCCc1ccccc1CC1CCN1.S. The van der Waals surface area contributed by atoms with Crippen LogP contribution in [0.15, 0.2) is 24.3 Å². The Morgan fingerprint density at radius 2 is 1.93 bits per heavy atom. The average Bonchev–Trinajstić information content (AvgIpc) is 2.14. The van der Waals surface area contributed by atoms with Crippen molar-refractivity contribution in [2.45, 2.75) is 25.3 Å². The van der Waals surface area contributed by atoms with Crippen LogP contribution in [-0.4, -0.2) is 24.3 Å². The number of hydrogen-bond donors (Lipinski definition) is 2. The second-order valence-corrected chi connectivity index (χ2v) is 3.89. The summed E-state index contributed by atoms with van der Waals surface area (Å²) in [6, 6.07) is 9.07. The van der Waals surface area contributed by atoms with Gasteiger partial charge in [0.05, 0.1) is 0 Å². The van der Waals surface area contributed by atoms with Crippen molar-refractivity contribution < 1.29 is 5.11 Å². The largest absolute Gasteiger partial charge is 0.396 e. The third-order valence-electron chi connectivity index (χ3n) is 2.89. The van der Waals surface area contributed by atoms with Gasteiger partial charge in [-0.25, -0.2) is 0 Å². The molecule has 84 valence electrons. The molecule has 0 radical (unpaired) electrons. The lowest BCUT2D eigenvalue weighted by Crippen LogP contribution is -2.44. The van der Waals surface area contributed by atoms with Gasteiger partial charge in [-0.3, -0.25) is 0 Å². The summed E-state index contributed by atoms with van der Waals surface area (Å²) in [7, 11) is 0. The number of hydrogen-bond acceptors (Lipinski definition) is 2. The summed E-state index contributed by atoms with van der Waals surface area (Å²) >= 11 is 0. The standard InChI is InChI=1S/C12H17NO.H2S/c14-8-6-10-3-1-2-4-11(10)9-12-5-7-13-12;/h1-4,12-14H,5-9H2;1H2. The van der Waals surface area contributed by atoms with Crippen LogP contribution in [-0.2, 0) is 12.8 Å². The molecular formula is C12H19NOS. The van der Waals surface area contributed by atoms with Gasteiger partial charge in [-0.05, 0) is 36.9 Å². The highest BCUT2D eigenvalue weighted by Crippen LogP contribution is 2.15. The van der Waals surface area contributed by atoms with Crippen LogP contribution < -0.4 is 5.32 Å². The fourth-order valence-electron chi connectivity index (χ4n) is 1.91. The lowest BCUT2D eigenvalue weighted by atomic mass is 9.94. The highest BCUT2D eigenvalue weighted by Gasteiger charge is 2.17. The van der Waals surface area contributed by atoms with Gasteiger partial charge in [-0.2, -0.15) is 13.5 Å². The third-order valence-corrected chi connectivity index (χ3v) is 2.89. The molecule has 2 rings (SSSR count). The van der Waals surface area contributed by atoms with Gasteiger partial charge < -0.3 is 10.4 Å². The fraction of sp³-hybridized carbons (Fsp3) is 0.500. The highest BCUT2D eigenvalue weighted by molar-refractivity contribution is 7.59. The Hall–Kier alpha value is -0.510. The summed E-state index contributed by atoms with van der Waals surface area (Å²) in [5, 5.41) is 12.3. The normalized spacial score (nSPS) is 19.1. The maximum absolute atomic E-state index is 8.93. The van der Waals surface area contributed by atoms with Gasteiger partial charge in [0, 0.05) is 12.6 Å². The number of benzene rings is 1. The van der Waals surface area contributed by atoms with Crippen LogP contribution in [0.25, 0.3) is 0 Å². The summed E-state index contributed by atoms with van der Waals surface area (Å²) in [4.78, 5) is 0. The van der Waals surface area contributed by atoms with Crippen molar-refractivity contribution in [2.75, 3.05) is 13.2 Å². The van der Waals surface area contributed by atoms with Crippen LogP contribution >= 0.6 is 13.5 Å². The number of nitrogens with one attached hydrogen (secondary N) is 1. The summed E-state index contributed by atoms with van der Waals surface area (Å²) in [5.74, 6) is 0. The molecule has 15 heavy (non-hydrogen) atoms. The molecule has 1 heterocycles. The van der Waals surface area contributed by atoms with Gasteiger partial charge in [0.25, 0.3) is 0 Å². The van der Waals surface area contributed by atoms with E-state index in [4.69, 9.17) is 5.11 Å². The minimum atomic E-state index is 0. The van der Waals surface area contributed by atoms with E-state index in [0.717, 1.165) is 19.4 Å². The maximum Gasteiger partial charge on any atom is 0.0471 e. The molecule has 2 N–H and O–H groups in total. The minimum absolute atomic E-state index is 0. The first kappa shape index (κ1) is 12.6. The molecule has 0 spiro atoms. The number of rotatable bonds is 4. The smallest absolute Gasteiger partial charge is 0.0471 e. The van der Waals surface area contributed by atoms with Crippen LogP contribution in [0.1, 0.15) is 17.5 Å². The van der Waals surface area contributed by atoms with Crippen LogP contribution in [0, 0.1) is 0 Å². The van der Waals surface area contributed by atoms with E-state index >= 15 is 0 Å². The predicted molar refractivity (Wildman–Crippen MR) is 67.7 cm³/mol. The molecule has 1 aromatic carbocycles. The van der Waals surface area contributed by atoms with E-state index < -0.39 is 0 Å². The topological polar surface area (TPSA) is 32.3 Å². The van der Waals surface area contributed by atoms with Crippen LogP contribution in [0.4, 0.5) is 0 Å². The average molecular weight is 225 g/mol. The Balaban J connectivity index is 0.00000112. The second-order valence-electron chi connectivity index (χ2n) is 3.89. The molecule has 2 nitrogen and oxygen atoms in total. The van der Waals surface area contributed by atoms with Crippen LogP contribution in [0.3, 0.4) is 0 Å². The van der Waals surface area contributed by atoms with Gasteiger partial charge in [-0.1, -0.05) is 24.3 Å². The van der Waals surface area contributed by atoms with E-state index in [1.165, 1.54) is 17.5 Å². The van der Waals surface area contributed by atoms with Gasteiger partial charge >= 0.3 is 0 Å². The molecule has 1 aliphatic rings. The Labute approximate surface area is 98.2 Å². The maximum atomic E-state index is 8.93. The van der Waals surface area contributed by atoms with E-state index in [2.05, 4.69) is 23.5 Å². The van der Waals surface area contributed by atoms with Gasteiger partial charge in [0.15, 0.2) is 0 Å². The van der Waals surface area contributed by atoms with Crippen LogP contribution in [0.5, 0.6) is 0 Å². The summed E-state index contributed by atoms with van der Waals surface area (Å²) < 4.78 is 0. The predicted octanol–water partition coefficient (Wildman–Crippen LogP) is 1.24. The molecule has 1 aliphatic heterocycles. The molecule has 0 aromatic heterocycles. The molecule has 1 fully saturated rings. The van der Waals surface area contributed by atoms with Crippen molar-refractivity contribution in [3.63, 3.8) is 0 Å². The van der Waals surface area contributed by atoms with Crippen molar-refractivity contribution in [1.29, 1.82) is 0 Å². The highest BCUT2D eigenvalue weighted by atomic mass is 32.1. The first-order valence-electron chi connectivity index (χ1n) is 5.31. The zero-order valence-electron chi connectivity index (χ0n) is 8.87. The molecule has 3 heteroatoms. The van der Waals surface area contributed by atoms with Gasteiger partial charge in [0.1, 0.15) is 0 Å². The molecule has 0 aliphatic carbocycles. The molecule has 1 aromatic rings. The molecule has 1 saturated heterocycles. The first-order chi connectivity index (χ1) is 6.90. The van der Waals surface area contributed by atoms with Crippen molar-refractivity contribution in [2.24, 2.45) is 0 Å². The molecular weight excluding hydrogens is 206 g/mol. The monoisotopic (exact) mass is 225 g/mol. The number of aliphatic hydroxyl groups excluding tert-OH is 1. The van der Waals surface area contributed by atoms with Crippen molar-refractivity contribution in [3.05, 3.63) is 35.4 Å². The van der Waals surface area contributed by atoms with E-state index in [-0.39, 0.29) is 20.1 Å². The first-order valence-corrected chi connectivity index (χ1v) is 5.31. The van der Waals surface area contributed by atoms with E-state index in [1.54, 1.807) is 0 Å². The Morgan fingerprint density at radius 3 is 2.47 bits per heavy atom. The fourth-order valence-corrected chi connectivity index (χ4v) is 1.91. The van der Waals surface area contributed by atoms with E-state index in [1.807, 2.05) is 6.07 Å². The zero-order valence-corrected chi connectivity index (χ0v) is 9.87. The Morgan fingerprint density at radius 1 is 1.27 bits per heavy atom.